The molecule has 0 saturated heterocycles. The first-order valence-corrected chi connectivity index (χ1v) is 20.3. The summed E-state index contributed by atoms with van der Waals surface area (Å²) in [5.74, 6) is 1.70. The molecule has 0 fully saturated rings. The van der Waals surface area contributed by atoms with Crippen molar-refractivity contribution < 1.29 is 8.54 Å². The quantitative estimate of drug-likeness (QED) is 0.281. The standard InChI is InChI=1S/C20H48O2Si3/c1-11-19(3)15-13-17-23(6,7)24(8,9)22-25(10,21-5)18-14-16-20(4)12-2/h19-20H,11-18H2,1-10H3. The molecule has 25 heavy (non-hydrogen) atoms. The van der Waals surface area contributed by atoms with Crippen molar-refractivity contribution >= 4 is 24.0 Å². The molecule has 5 heteroatoms. The minimum absolute atomic E-state index is 0.826. The van der Waals surface area contributed by atoms with Crippen molar-refractivity contribution in [1.29, 1.82) is 0 Å². The third kappa shape index (κ3) is 9.36. The molecule has 2 nitrogen and oxygen atoms in total. The van der Waals surface area contributed by atoms with Gasteiger partial charge in [-0.15, -0.1) is 0 Å². The lowest BCUT2D eigenvalue weighted by Crippen LogP contribution is -2.62. The van der Waals surface area contributed by atoms with Crippen LogP contribution in [0.4, 0.5) is 0 Å². The molecule has 0 aliphatic rings. The first-order chi connectivity index (χ1) is 11.4. The van der Waals surface area contributed by atoms with Gasteiger partial charge in [-0.1, -0.05) is 85.4 Å². The largest absolute Gasteiger partial charge is 0.438 e. The molecular formula is C20H48O2Si3. The maximum absolute atomic E-state index is 6.96. The highest BCUT2D eigenvalue weighted by Crippen LogP contribution is 2.32. The summed E-state index contributed by atoms with van der Waals surface area (Å²) in [7, 11) is -3.15. The molecule has 0 N–H and O–H groups in total. The third-order valence-electron chi connectivity index (χ3n) is 6.75. The molecule has 3 atom stereocenters. The topological polar surface area (TPSA) is 18.5 Å². The molecule has 0 spiro atoms. The van der Waals surface area contributed by atoms with E-state index in [1.165, 1.54) is 44.6 Å². The zero-order valence-electron chi connectivity index (χ0n) is 19.1. The van der Waals surface area contributed by atoms with Crippen LogP contribution in [0.15, 0.2) is 0 Å². The Bertz CT molecular complexity index is 361. The van der Waals surface area contributed by atoms with E-state index in [9.17, 15) is 0 Å². The van der Waals surface area contributed by atoms with Gasteiger partial charge in [-0.05, 0) is 37.5 Å². The molecule has 0 rings (SSSR count). The molecular weight excluding hydrogens is 356 g/mol. The molecule has 0 saturated carbocycles. The smallest absolute Gasteiger partial charge is 0.324 e. The highest BCUT2D eigenvalue weighted by molar-refractivity contribution is 7.39. The summed E-state index contributed by atoms with van der Waals surface area (Å²) in [5.41, 5.74) is 0. The summed E-state index contributed by atoms with van der Waals surface area (Å²) >= 11 is 0. The average molecular weight is 405 g/mol. The Kier molecular flexibility index (Phi) is 11.7. The molecule has 3 unspecified atom stereocenters. The predicted octanol–water partition coefficient (Wildman–Crippen LogP) is 7.37. The lowest BCUT2D eigenvalue weighted by Gasteiger charge is -2.43. The highest BCUT2D eigenvalue weighted by Gasteiger charge is 2.47. The maximum Gasteiger partial charge on any atom is 0.324 e. The summed E-state index contributed by atoms with van der Waals surface area (Å²) in [4.78, 5) is 0. The van der Waals surface area contributed by atoms with Crippen molar-refractivity contribution in [2.24, 2.45) is 11.8 Å². The molecule has 0 aliphatic carbocycles. The van der Waals surface area contributed by atoms with Gasteiger partial charge in [-0.3, -0.25) is 0 Å². The zero-order chi connectivity index (χ0) is 19.7. The molecule has 0 bridgehead atoms. The van der Waals surface area contributed by atoms with Crippen LogP contribution in [0.2, 0.25) is 44.8 Å². The van der Waals surface area contributed by atoms with Gasteiger partial charge in [0.1, 0.15) is 0 Å². The first-order valence-electron chi connectivity index (χ1n) is 10.7. The number of hydrogen-bond acceptors (Lipinski definition) is 2. The van der Waals surface area contributed by atoms with E-state index in [4.69, 9.17) is 8.54 Å². The summed E-state index contributed by atoms with van der Waals surface area (Å²) in [6, 6.07) is 2.57. The number of rotatable bonds is 14. The van der Waals surface area contributed by atoms with Crippen molar-refractivity contribution in [1.82, 2.24) is 0 Å². The van der Waals surface area contributed by atoms with E-state index in [2.05, 4.69) is 60.4 Å². The Balaban J connectivity index is 4.73. The second-order valence-corrected chi connectivity index (χ2v) is 28.6. The monoisotopic (exact) mass is 404 g/mol. The van der Waals surface area contributed by atoms with E-state index >= 15 is 0 Å². The average Bonchev–Trinajstić information content (AvgIpc) is 2.53. The molecule has 152 valence electrons. The van der Waals surface area contributed by atoms with Crippen LogP contribution in [0, 0.1) is 11.8 Å². The maximum atomic E-state index is 6.96. The summed E-state index contributed by atoms with van der Waals surface area (Å²) in [5, 5.41) is 0. The molecule has 0 aromatic heterocycles. The summed E-state index contributed by atoms with van der Waals surface area (Å²) in [6.45, 7) is 21.7. The molecule has 0 radical (unpaired) electrons. The van der Waals surface area contributed by atoms with Gasteiger partial charge < -0.3 is 8.54 Å². The van der Waals surface area contributed by atoms with Gasteiger partial charge in [-0.2, -0.15) is 0 Å². The Morgan fingerprint density at radius 2 is 1.20 bits per heavy atom. The van der Waals surface area contributed by atoms with Gasteiger partial charge in [0.15, 0.2) is 7.83 Å². The van der Waals surface area contributed by atoms with E-state index in [-0.39, 0.29) is 0 Å². The van der Waals surface area contributed by atoms with Crippen LogP contribution < -0.4 is 0 Å². The Labute approximate surface area is 162 Å². The van der Waals surface area contributed by atoms with Crippen molar-refractivity contribution in [3.05, 3.63) is 0 Å². The van der Waals surface area contributed by atoms with Crippen molar-refractivity contribution in [2.45, 2.75) is 111 Å². The van der Waals surface area contributed by atoms with Gasteiger partial charge in [0.2, 0.25) is 0 Å². The fourth-order valence-electron chi connectivity index (χ4n) is 3.25. The van der Waals surface area contributed by atoms with Gasteiger partial charge in [0.25, 0.3) is 0 Å². The van der Waals surface area contributed by atoms with Crippen molar-refractivity contribution in [3.63, 3.8) is 0 Å². The molecule has 0 heterocycles. The Morgan fingerprint density at radius 1 is 0.760 bits per heavy atom. The van der Waals surface area contributed by atoms with Crippen LogP contribution in [0.25, 0.3) is 0 Å². The van der Waals surface area contributed by atoms with Crippen LogP contribution >= 0.6 is 0 Å². The van der Waals surface area contributed by atoms with E-state index in [1.807, 2.05) is 7.11 Å². The third-order valence-corrected chi connectivity index (χ3v) is 29.0. The lowest BCUT2D eigenvalue weighted by molar-refractivity contribution is 0.301. The fraction of sp³-hybridized carbons (Fsp3) is 1.00. The van der Waals surface area contributed by atoms with E-state index in [1.54, 1.807) is 0 Å². The second-order valence-electron chi connectivity index (χ2n) is 9.65. The second kappa shape index (κ2) is 11.4. The Hall–Kier alpha value is 0.571. The van der Waals surface area contributed by atoms with Gasteiger partial charge in [0.05, 0.1) is 7.59 Å². The van der Waals surface area contributed by atoms with Crippen molar-refractivity contribution in [3.8, 4) is 0 Å². The predicted molar refractivity (Wildman–Crippen MR) is 122 cm³/mol. The van der Waals surface area contributed by atoms with Crippen LogP contribution in [0.3, 0.4) is 0 Å². The van der Waals surface area contributed by atoms with Crippen LogP contribution in [-0.2, 0) is 8.54 Å². The van der Waals surface area contributed by atoms with Crippen LogP contribution in [-0.4, -0.2) is 31.1 Å². The zero-order valence-corrected chi connectivity index (χ0v) is 22.1. The lowest BCUT2D eigenvalue weighted by atomic mass is 10.0. The number of hydrogen-bond donors (Lipinski definition) is 0. The molecule has 0 aliphatic heterocycles. The SMILES string of the molecule is CCC(C)CCC[Si](C)(OC)O[Si](C)(C)[Si](C)(C)CCCC(C)CC. The van der Waals surface area contributed by atoms with Gasteiger partial charge in [-0.25, -0.2) is 0 Å². The molecule has 0 amide bonds. The van der Waals surface area contributed by atoms with E-state index in [0.29, 0.717) is 0 Å². The Morgan fingerprint density at radius 3 is 1.60 bits per heavy atom. The summed E-state index contributed by atoms with van der Waals surface area (Å²) in [6.07, 6.45) is 7.92. The van der Waals surface area contributed by atoms with Crippen molar-refractivity contribution in [2.75, 3.05) is 7.11 Å². The first kappa shape index (κ1) is 25.6. The fourth-order valence-corrected chi connectivity index (χ4v) is 18.9. The summed E-state index contributed by atoms with van der Waals surface area (Å²) < 4.78 is 13.0. The van der Waals surface area contributed by atoms with Crippen LogP contribution in [0.1, 0.15) is 66.2 Å². The van der Waals surface area contributed by atoms with E-state index in [0.717, 1.165) is 17.9 Å². The van der Waals surface area contributed by atoms with E-state index < -0.39 is 24.0 Å². The normalized spacial score (nSPS) is 18.0. The minimum atomic E-state index is -2.02. The highest BCUT2D eigenvalue weighted by atomic mass is 29.3. The minimum Gasteiger partial charge on any atom is -0.438 e. The van der Waals surface area contributed by atoms with Gasteiger partial charge in [0, 0.05) is 7.11 Å². The van der Waals surface area contributed by atoms with Crippen LogP contribution in [0.5, 0.6) is 0 Å². The van der Waals surface area contributed by atoms with Gasteiger partial charge >= 0.3 is 8.56 Å². The molecule has 0 aromatic carbocycles. The molecule has 0 aromatic rings.